The van der Waals surface area contributed by atoms with Gasteiger partial charge in [-0.15, -0.1) is 0 Å². The molecule has 4 nitrogen and oxygen atoms in total. The normalized spacial score (nSPS) is 12.8. The van der Waals surface area contributed by atoms with E-state index in [4.69, 9.17) is 4.74 Å². The molecule has 1 aliphatic carbocycles. The third-order valence-electron chi connectivity index (χ3n) is 4.68. The molecule has 0 spiro atoms. The molecule has 1 amide bonds. The molecule has 0 bridgehead atoms. The highest BCUT2D eigenvalue weighted by molar-refractivity contribution is 9.10. The van der Waals surface area contributed by atoms with Crippen molar-refractivity contribution in [2.24, 2.45) is 0 Å². The molecule has 0 atom stereocenters. The van der Waals surface area contributed by atoms with Gasteiger partial charge in [-0.25, -0.2) is 4.79 Å². The van der Waals surface area contributed by atoms with E-state index in [2.05, 4.69) is 50.5 Å². The lowest BCUT2D eigenvalue weighted by Gasteiger charge is -2.14. The molecule has 27 heavy (non-hydrogen) atoms. The predicted octanol–water partition coefficient (Wildman–Crippen LogP) is 5.33. The van der Waals surface area contributed by atoms with E-state index in [1.807, 2.05) is 48.7 Å². The molecule has 0 saturated heterocycles. The summed E-state index contributed by atoms with van der Waals surface area (Å²) in [6, 6.07) is 18.6. The standard InChI is InChI=1S/C22H19BrN2O2/c23-15-12-16(25-13-15)6-5-11-24-22(26)27-14-21-19-9-3-1-7-17(19)18-8-2-4-10-20(18)21/h1-10,12-13,21,25H,11,14H2,(H,24,26). The van der Waals surface area contributed by atoms with Gasteiger partial charge in [-0.2, -0.15) is 0 Å². The van der Waals surface area contributed by atoms with E-state index in [0.717, 1.165) is 10.2 Å². The van der Waals surface area contributed by atoms with Crippen LogP contribution in [0.25, 0.3) is 17.2 Å². The average molecular weight is 423 g/mol. The van der Waals surface area contributed by atoms with E-state index in [1.54, 1.807) is 0 Å². The Morgan fingerprint density at radius 2 is 1.78 bits per heavy atom. The molecule has 4 rings (SSSR count). The van der Waals surface area contributed by atoms with E-state index in [0.29, 0.717) is 13.2 Å². The molecular formula is C22H19BrN2O2. The lowest BCUT2D eigenvalue weighted by molar-refractivity contribution is 0.144. The van der Waals surface area contributed by atoms with Crippen LogP contribution in [-0.4, -0.2) is 24.2 Å². The van der Waals surface area contributed by atoms with Gasteiger partial charge in [0.05, 0.1) is 0 Å². The lowest BCUT2D eigenvalue weighted by Crippen LogP contribution is -2.26. The second-order valence-corrected chi connectivity index (χ2v) is 7.30. The number of aromatic nitrogens is 1. The Balaban J connectivity index is 1.34. The first-order valence-corrected chi connectivity index (χ1v) is 9.61. The van der Waals surface area contributed by atoms with Gasteiger partial charge in [-0.3, -0.25) is 0 Å². The van der Waals surface area contributed by atoms with Gasteiger partial charge in [0.2, 0.25) is 0 Å². The first-order valence-electron chi connectivity index (χ1n) is 8.81. The van der Waals surface area contributed by atoms with Gasteiger partial charge in [0.25, 0.3) is 0 Å². The van der Waals surface area contributed by atoms with Crippen molar-refractivity contribution in [3.63, 3.8) is 0 Å². The van der Waals surface area contributed by atoms with Gasteiger partial charge in [0.1, 0.15) is 6.61 Å². The number of H-pyrrole nitrogens is 1. The van der Waals surface area contributed by atoms with Crippen molar-refractivity contribution in [1.82, 2.24) is 10.3 Å². The smallest absolute Gasteiger partial charge is 0.407 e. The fraction of sp³-hybridized carbons (Fsp3) is 0.136. The number of carbonyl (C=O) groups is 1. The Kier molecular flexibility index (Phi) is 5.12. The number of rotatable bonds is 5. The van der Waals surface area contributed by atoms with Crippen LogP contribution in [0.4, 0.5) is 4.79 Å². The zero-order chi connectivity index (χ0) is 18.6. The molecule has 1 heterocycles. The summed E-state index contributed by atoms with van der Waals surface area (Å²) in [4.78, 5) is 15.2. The van der Waals surface area contributed by atoms with Gasteiger partial charge in [-0.1, -0.05) is 54.6 Å². The number of fused-ring (bicyclic) bond motifs is 3. The van der Waals surface area contributed by atoms with Crippen molar-refractivity contribution in [3.05, 3.63) is 88.2 Å². The summed E-state index contributed by atoms with van der Waals surface area (Å²) >= 11 is 3.39. The number of aromatic amines is 1. The van der Waals surface area contributed by atoms with Gasteiger partial charge in [-0.05, 0) is 50.3 Å². The first-order chi connectivity index (χ1) is 13.2. The molecular weight excluding hydrogens is 404 g/mol. The zero-order valence-electron chi connectivity index (χ0n) is 14.6. The molecule has 0 aliphatic heterocycles. The molecule has 5 heteroatoms. The van der Waals surface area contributed by atoms with Gasteiger partial charge in [0.15, 0.2) is 0 Å². The fourth-order valence-electron chi connectivity index (χ4n) is 3.46. The van der Waals surface area contributed by atoms with Crippen LogP contribution in [0.1, 0.15) is 22.7 Å². The van der Waals surface area contributed by atoms with Crippen LogP contribution in [-0.2, 0) is 4.74 Å². The Labute approximate surface area is 166 Å². The van der Waals surface area contributed by atoms with E-state index >= 15 is 0 Å². The van der Waals surface area contributed by atoms with Crippen LogP contribution < -0.4 is 5.32 Å². The monoisotopic (exact) mass is 422 g/mol. The Morgan fingerprint density at radius 1 is 1.11 bits per heavy atom. The van der Waals surface area contributed by atoms with Gasteiger partial charge >= 0.3 is 6.09 Å². The number of ether oxygens (including phenoxy) is 1. The molecule has 2 N–H and O–H groups in total. The minimum Gasteiger partial charge on any atom is -0.449 e. The van der Waals surface area contributed by atoms with Crippen LogP contribution in [0.2, 0.25) is 0 Å². The summed E-state index contributed by atoms with van der Waals surface area (Å²) in [5, 5.41) is 2.76. The summed E-state index contributed by atoms with van der Waals surface area (Å²) < 4.78 is 6.49. The van der Waals surface area contributed by atoms with Gasteiger partial charge in [0, 0.05) is 28.8 Å². The highest BCUT2D eigenvalue weighted by Gasteiger charge is 2.28. The summed E-state index contributed by atoms with van der Waals surface area (Å²) in [5.41, 5.74) is 5.84. The quantitative estimate of drug-likeness (QED) is 0.583. The number of amides is 1. The van der Waals surface area contributed by atoms with Crippen molar-refractivity contribution in [2.75, 3.05) is 13.2 Å². The van der Waals surface area contributed by atoms with Crippen molar-refractivity contribution in [2.45, 2.75) is 5.92 Å². The van der Waals surface area contributed by atoms with Crippen molar-refractivity contribution in [3.8, 4) is 11.1 Å². The Morgan fingerprint density at radius 3 is 2.41 bits per heavy atom. The number of hydrogen-bond acceptors (Lipinski definition) is 2. The largest absolute Gasteiger partial charge is 0.449 e. The Hall–Kier alpha value is -2.79. The average Bonchev–Trinajstić information content (AvgIpc) is 3.25. The zero-order valence-corrected chi connectivity index (χ0v) is 16.2. The van der Waals surface area contributed by atoms with Gasteiger partial charge < -0.3 is 15.0 Å². The molecule has 0 radical (unpaired) electrons. The second kappa shape index (κ2) is 7.84. The van der Waals surface area contributed by atoms with Crippen LogP contribution in [0.5, 0.6) is 0 Å². The number of halogens is 1. The molecule has 3 aromatic rings. The maximum atomic E-state index is 12.1. The van der Waals surface area contributed by atoms with E-state index in [-0.39, 0.29) is 5.92 Å². The third-order valence-corrected chi connectivity index (χ3v) is 5.13. The maximum absolute atomic E-state index is 12.1. The van der Waals surface area contributed by atoms with Crippen molar-refractivity contribution >= 4 is 28.1 Å². The van der Waals surface area contributed by atoms with Crippen LogP contribution in [0.3, 0.4) is 0 Å². The molecule has 0 fully saturated rings. The highest BCUT2D eigenvalue weighted by atomic mass is 79.9. The minimum atomic E-state index is -0.408. The molecule has 2 aromatic carbocycles. The summed E-state index contributed by atoms with van der Waals surface area (Å²) in [6.07, 6.45) is 5.24. The molecule has 136 valence electrons. The number of carbonyl (C=O) groups excluding carboxylic acids is 1. The molecule has 1 aliphatic rings. The number of hydrogen-bond donors (Lipinski definition) is 2. The van der Waals surface area contributed by atoms with E-state index in [9.17, 15) is 4.79 Å². The number of benzene rings is 2. The topological polar surface area (TPSA) is 54.1 Å². The summed E-state index contributed by atoms with van der Waals surface area (Å²) in [6.45, 7) is 0.737. The summed E-state index contributed by atoms with van der Waals surface area (Å²) in [5.74, 6) is 0.0787. The lowest BCUT2D eigenvalue weighted by atomic mass is 9.98. The Bertz CT molecular complexity index is 948. The third kappa shape index (κ3) is 3.83. The molecule has 0 saturated carbocycles. The fourth-order valence-corrected chi connectivity index (χ4v) is 3.82. The van der Waals surface area contributed by atoms with Crippen LogP contribution in [0, 0.1) is 0 Å². The molecule has 0 unspecified atom stereocenters. The number of nitrogens with one attached hydrogen (secondary N) is 2. The van der Waals surface area contributed by atoms with Crippen molar-refractivity contribution < 1.29 is 9.53 Å². The number of alkyl carbamates (subject to hydrolysis) is 1. The SMILES string of the molecule is O=C(NCC=Cc1cc(Br)c[nH]1)OCC1c2ccccc2-c2ccccc21. The van der Waals surface area contributed by atoms with E-state index in [1.165, 1.54) is 22.3 Å². The minimum absolute atomic E-state index is 0.0787. The van der Waals surface area contributed by atoms with Crippen molar-refractivity contribution in [1.29, 1.82) is 0 Å². The van der Waals surface area contributed by atoms with Crippen LogP contribution in [0.15, 0.2) is 71.3 Å². The maximum Gasteiger partial charge on any atom is 0.407 e. The first kappa shape index (κ1) is 17.6. The highest BCUT2D eigenvalue weighted by Crippen LogP contribution is 2.44. The van der Waals surface area contributed by atoms with E-state index < -0.39 is 6.09 Å². The van der Waals surface area contributed by atoms with Crippen LogP contribution >= 0.6 is 15.9 Å². The summed E-state index contributed by atoms with van der Waals surface area (Å²) in [7, 11) is 0. The second-order valence-electron chi connectivity index (χ2n) is 6.38. The molecule has 1 aromatic heterocycles. The predicted molar refractivity (Wildman–Crippen MR) is 111 cm³/mol.